The van der Waals surface area contributed by atoms with Gasteiger partial charge in [-0.2, -0.15) is 0 Å². The lowest BCUT2D eigenvalue weighted by atomic mass is 9.79. The highest BCUT2D eigenvalue weighted by atomic mass is 16.3. The van der Waals surface area contributed by atoms with Crippen LogP contribution in [0.25, 0.3) is 4.85 Å². The average molecular weight is 201 g/mol. The molecule has 0 saturated heterocycles. The van der Waals surface area contributed by atoms with Crippen molar-refractivity contribution in [3.8, 4) is 5.75 Å². The minimum Gasteiger partial charge on any atom is -0.508 e. The van der Waals surface area contributed by atoms with E-state index in [4.69, 9.17) is 6.57 Å². The van der Waals surface area contributed by atoms with Gasteiger partial charge < -0.3 is 9.95 Å². The molecule has 1 aromatic carbocycles. The van der Waals surface area contributed by atoms with Crippen LogP contribution >= 0.6 is 0 Å². The van der Waals surface area contributed by atoms with Crippen LogP contribution in [0.5, 0.6) is 5.75 Å². The lowest BCUT2D eigenvalue weighted by molar-refractivity contribution is 0.456. The van der Waals surface area contributed by atoms with Crippen LogP contribution < -0.4 is 0 Å². The van der Waals surface area contributed by atoms with Crippen LogP contribution in [-0.2, 0) is 5.41 Å². The standard InChI is InChI=1S/C13H15NO/c1-14-10-13(7-2-3-8-13)11-5-4-6-12(15)9-11/h4-6,9,15H,2-3,7-8,10H2. The third-order valence-corrected chi connectivity index (χ3v) is 3.40. The second-order valence-electron chi connectivity index (χ2n) is 4.35. The lowest BCUT2D eigenvalue weighted by Crippen LogP contribution is -2.24. The molecule has 2 rings (SSSR count). The SMILES string of the molecule is [C-]#[N+]CC1(c2cccc(O)c2)CCCC1. The number of phenolic OH excluding ortho intramolecular Hbond substituents is 1. The van der Waals surface area contributed by atoms with Crippen molar-refractivity contribution < 1.29 is 5.11 Å². The zero-order chi connectivity index (χ0) is 10.7. The monoisotopic (exact) mass is 201 g/mol. The molecule has 1 aliphatic rings. The largest absolute Gasteiger partial charge is 0.508 e. The van der Waals surface area contributed by atoms with Gasteiger partial charge in [-0.3, -0.25) is 0 Å². The quantitative estimate of drug-likeness (QED) is 0.730. The Morgan fingerprint density at radius 1 is 1.33 bits per heavy atom. The van der Waals surface area contributed by atoms with Gasteiger partial charge in [0.2, 0.25) is 6.54 Å². The molecular formula is C13H15NO. The maximum absolute atomic E-state index is 9.48. The molecule has 15 heavy (non-hydrogen) atoms. The molecule has 1 aliphatic carbocycles. The zero-order valence-electron chi connectivity index (χ0n) is 8.74. The summed E-state index contributed by atoms with van der Waals surface area (Å²) in [5.41, 5.74) is 1.15. The Bertz CT molecular complexity index is 386. The topological polar surface area (TPSA) is 24.6 Å². The molecule has 0 bridgehead atoms. The fourth-order valence-electron chi connectivity index (χ4n) is 2.58. The Hall–Kier alpha value is -1.49. The molecule has 0 spiro atoms. The van der Waals surface area contributed by atoms with Gasteiger partial charge in [0.25, 0.3) is 0 Å². The molecule has 78 valence electrons. The van der Waals surface area contributed by atoms with Crippen LogP contribution in [0.1, 0.15) is 31.2 Å². The first kappa shape index (κ1) is 10.0. The Morgan fingerprint density at radius 2 is 2.07 bits per heavy atom. The summed E-state index contributed by atoms with van der Waals surface area (Å²) in [7, 11) is 0. The molecule has 0 radical (unpaired) electrons. The minimum absolute atomic E-state index is 0.0144. The molecule has 0 aliphatic heterocycles. The summed E-state index contributed by atoms with van der Waals surface area (Å²) in [4.78, 5) is 3.56. The molecular weight excluding hydrogens is 186 g/mol. The number of nitrogens with zero attached hydrogens (tertiary/aromatic N) is 1. The zero-order valence-corrected chi connectivity index (χ0v) is 8.74. The van der Waals surface area contributed by atoms with Crippen LogP contribution in [0.2, 0.25) is 0 Å². The maximum atomic E-state index is 9.48. The highest BCUT2D eigenvalue weighted by Crippen LogP contribution is 2.42. The molecule has 0 atom stereocenters. The van der Waals surface area contributed by atoms with Gasteiger partial charge in [-0.15, -0.1) is 0 Å². The van der Waals surface area contributed by atoms with Crippen LogP contribution in [0.3, 0.4) is 0 Å². The van der Waals surface area contributed by atoms with Crippen molar-refractivity contribution in [2.24, 2.45) is 0 Å². The van der Waals surface area contributed by atoms with Gasteiger partial charge in [0.1, 0.15) is 5.75 Å². The molecule has 2 heteroatoms. The van der Waals surface area contributed by atoms with E-state index in [1.54, 1.807) is 6.07 Å². The van der Waals surface area contributed by atoms with E-state index in [0.29, 0.717) is 12.3 Å². The van der Waals surface area contributed by atoms with E-state index in [1.807, 2.05) is 18.2 Å². The number of hydrogen-bond donors (Lipinski definition) is 1. The Balaban J connectivity index is 2.37. The lowest BCUT2D eigenvalue weighted by Gasteiger charge is -2.23. The van der Waals surface area contributed by atoms with Crippen molar-refractivity contribution in [1.82, 2.24) is 0 Å². The van der Waals surface area contributed by atoms with Gasteiger partial charge in [-0.25, -0.2) is 6.57 Å². The Labute approximate surface area is 90.4 Å². The predicted molar refractivity (Wildman–Crippen MR) is 59.7 cm³/mol. The van der Waals surface area contributed by atoms with Crippen LogP contribution in [-0.4, -0.2) is 11.7 Å². The molecule has 2 nitrogen and oxygen atoms in total. The number of hydrogen-bond acceptors (Lipinski definition) is 1. The van der Waals surface area contributed by atoms with E-state index < -0.39 is 0 Å². The molecule has 0 aromatic heterocycles. The summed E-state index contributed by atoms with van der Waals surface area (Å²) < 4.78 is 0. The maximum Gasteiger partial charge on any atom is 0.224 e. The summed E-state index contributed by atoms with van der Waals surface area (Å²) in [6.07, 6.45) is 4.56. The minimum atomic E-state index is 0.0144. The second kappa shape index (κ2) is 3.94. The van der Waals surface area contributed by atoms with Gasteiger partial charge in [0, 0.05) is 0 Å². The van der Waals surface area contributed by atoms with E-state index >= 15 is 0 Å². The Kier molecular flexibility index (Phi) is 2.64. The average Bonchev–Trinajstić information content (AvgIpc) is 2.68. The number of rotatable bonds is 2. The van der Waals surface area contributed by atoms with Crippen LogP contribution in [0.4, 0.5) is 0 Å². The van der Waals surface area contributed by atoms with Gasteiger partial charge >= 0.3 is 0 Å². The first-order valence-corrected chi connectivity index (χ1v) is 5.40. The van der Waals surface area contributed by atoms with Crippen molar-refractivity contribution >= 4 is 0 Å². The van der Waals surface area contributed by atoms with Crippen LogP contribution in [0.15, 0.2) is 24.3 Å². The second-order valence-corrected chi connectivity index (χ2v) is 4.35. The fraction of sp³-hybridized carbons (Fsp3) is 0.462. The van der Waals surface area contributed by atoms with Gasteiger partial charge in [0.15, 0.2) is 0 Å². The first-order chi connectivity index (χ1) is 7.27. The van der Waals surface area contributed by atoms with Crippen molar-refractivity contribution in [3.63, 3.8) is 0 Å². The van der Waals surface area contributed by atoms with Gasteiger partial charge in [0.05, 0.1) is 5.41 Å². The smallest absolute Gasteiger partial charge is 0.224 e. The molecule has 1 saturated carbocycles. The first-order valence-electron chi connectivity index (χ1n) is 5.40. The third kappa shape index (κ3) is 1.83. The highest BCUT2D eigenvalue weighted by molar-refractivity contribution is 5.34. The molecule has 0 heterocycles. The van der Waals surface area contributed by atoms with Crippen molar-refractivity contribution in [3.05, 3.63) is 41.2 Å². The summed E-state index contributed by atoms with van der Waals surface area (Å²) >= 11 is 0. The van der Waals surface area contributed by atoms with E-state index in [2.05, 4.69) is 4.85 Å². The normalized spacial score (nSPS) is 18.6. The van der Waals surface area contributed by atoms with Crippen molar-refractivity contribution in [2.75, 3.05) is 6.54 Å². The molecule has 0 amide bonds. The van der Waals surface area contributed by atoms with E-state index in [-0.39, 0.29) is 5.41 Å². The fourth-order valence-corrected chi connectivity index (χ4v) is 2.58. The van der Waals surface area contributed by atoms with E-state index in [9.17, 15) is 5.11 Å². The Morgan fingerprint density at radius 3 is 2.67 bits per heavy atom. The van der Waals surface area contributed by atoms with Crippen LogP contribution in [0, 0.1) is 6.57 Å². The highest BCUT2D eigenvalue weighted by Gasteiger charge is 2.38. The molecule has 1 aromatic rings. The molecule has 0 unspecified atom stereocenters. The van der Waals surface area contributed by atoms with Gasteiger partial charge in [-0.05, 0) is 30.5 Å². The number of phenols is 1. The summed E-state index contributed by atoms with van der Waals surface area (Å²) in [5, 5.41) is 9.48. The molecule has 1 fully saturated rings. The van der Waals surface area contributed by atoms with E-state index in [0.717, 1.165) is 18.4 Å². The third-order valence-electron chi connectivity index (χ3n) is 3.40. The van der Waals surface area contributed by atoms with Crippen molar-refractivity contribution in [2.45, 2.75) is 31.1 Å². The summed E-state index contributed by atoms with van der Waals surface area (Å²) in [6, 6.07) is 7.41. The molecule has 1 N–H and O–H groups in total. The van der Waals surface area contributed by atoms with Crippen molar-refractivity contribution in [1.29, 1.82) is 0 Å². The predicted octanol–water partition coefficient (Wildman–Crippen LogP) is 3.12. The number of aromatic hydroxyl groups is 1. The van der Waals surface area contributed by atoms with Gasteiger partial charge in [-0.1, -0.05) is 25.0 Å². The summed E-state index contributed by atoms with van der Waals surface area (Å²) in [6.45, 7) is 7.61. The summed E-state index contributed by atoms with van der Waals surface area (Å²) in [5.74, 6) is 0.309. The number of benzene rings is 1. The van der Waals surface area contributed by atoms with E-state index in [1.165, 1.54) is 12.8 Å².